The van der Waals surface area contributed by atoms with Gasteiger partial charge in [-0.05, 0) is 30.2 Å². The van der Waals surface area contributed by atoms with Crippen molar-refractivity contribution in [1.82, 2.24) is 9.97 Å². The summed E-state index contributed by atoms with van der Waals surface area (Å²) in [6, 6.07) is 5.93. The average molecular weight is 219 g/mol. The quantitative estimate of drug-likeness (QED) is 0.773. The van der Waals surface area contributed by atoms with E-state index in [1.54, 1.807) is 12.4 Å². The number of nitrogens with zero attached hydrogens (tertiary/aromatic N) is 2. The lowest BCUT2D eigenvalue weighted by Gasteiger charge is -2.03. The molecule has 3 heteroatoms. The summed E-state index contributed by atoms with van der Waals surface area (Å²) in [5.41, 5.74) is 3.21. The van der Waals surface area contributed by atoms with E-state index in [-0.39, 0.29) is 0 Å². The molecule has 2 aromatic rings. The molecule has 0 aliphatic rings. The second-order valence-corrected chi connectivity index (χ2v) is 3.72. The Morgan fingerprint density at radius 3 is 2.80 bits per heavy atom. The van der Waals surface area contributed by atoms with Crippen LogP contribution in [0.4, 0.5) is 0 Å². The number of aryl methyl sites for hydroxylation is 1. The third kappa shape index (κ3) is 2.34. The summed E-state index contributed by atoms with van der Waals surface area (Å²) < 4.78 is 0. The predicted molar refractivity (Wildman–Crippen MR) is 61.9 cm³/mol. The summed E-state index contributed by atoms with van der Waals surface area (Å²) >= 11 is 5.89. The number of hydrogen-bond donors (Lipinski definition) is 0. The van der Waals surface area contributed by atoms with Crippen molar-refractivity contribution in [1.29, 1.82) is 0 Å². The molecule has 2 nitrogen and oxygen atoms in total. The molecule has 0 N–H and O–H groups in total. The highest BCUT2D eigenvalue weighted by Gasteiger charge is 2.00. The van der Waals surface area contributed by atoms with Crippen LogP contribution in [0.15, 0.2) is 36.8 Å². The molecular formula is C12H11ClN2. The Morgan fingerprint density at radius 2 is 2.07 bits per heavy atom. The molecule has 2 heterocycles. The van der Waals surface area contributed by atoms with E-state index in [0.717, 1.165) is 23.2 Å². The molecule has 0 atom stereocenters. The molecule has 2 rings (SSSR count). The van der Waals surface area contributed by atoms with Crippen LogP contribution in [0.3, 0.4) is 0 Å². The van der Waals surface area contributed by atoms with Crippen LogP contribution in [0.5, 0.6) is 0 Å². The molecular weight excluding hydrogens is 208 g/mol. The van der Waals surface area contributed by atoms with Crippen molar-refractivity contribution in [2.24, 2.45) is 0 Å². The molecule has 2 aromatic heterocycles. The lowest BCUT2D eigenvalue weighted by atomic mass is 10.1. The second kappa shape index (κ2) is 4.41. The largest absolute Gasteiger partial charge is 0.263 e. The minimum absolute atomic E-state index is 0.655. The molecule has 0 spiro atoms. The summed E-state index contributed by atoms with van der Waals surface area (Å²) in [4.78, 5) is 8.32. The van der Waals surface area contributed by atoms with Gasteiger partial charge in [0.15, 0.2) is 0 Å². The molecule has 0 radical (unpaired) electrons. The van der Waals surface area contributed by atoms with Gasteiger partial charge in [-0.1, -0.05) is 18.5 Å². The Labute approximate surface area is 94.0 Å². The number of rotatable bonds is 2. The second-order valence-electron chi connectivity index (χ2n) is 3.28. The van der Waals surface area contributed by atoms with E-state index >= 15 is 0 Å². The monoisotopic (exact) mass is 218 g/mol. The summed E-state index contributed by atoms with van der Waals surface area (Å²) in [5.74, 6) is 0. The highest BCUT2D eigenvalue weighted by atomic mass is 35.5. The van der Waals surface area contributed by atoms with Crippen LogP contribution in [0.2, 0.25) is 5.02 Å². The number of halogens is 1. The summed E-state index contributed by atoms with van der Waals surface area (Å²) in [6.45, 7) is 2.09. The first-order valence-electron chi connectivity index (χ1n) is 4.85. The van der Waals surface area contributed by atoms with E-state index < -0.39 is 0 Å². The van der Waals surface area contributed by atoms with Gasteiger partial charge >= 0.3 is 0 Å². The Morgan fingerprint density at radius 1 is 1.20 bits per heavy atom. The van der Waals surface area contributed by atoms with Gasteiger partial charge in [0.2, 0.25) is 0 Å². The van der Waals surface area contributed by atoms with Crippen molar-refractivity contribution in [3.05, 3.63) is 47.5 Å². The number of pyridine rings is 2. The van der Waals surface area contributed by atoms with Gasteiger partial charge in [0.25, 0.3) is 0 Å². The maximum absolute atomic E-state index is 5.89. The van der Waals surface area contributed by atoms with E-state index in [1.165, 1.54) is 0 Å². The van der Waals surface area contributed by atoms with Crippen molar-refractivity contribution in [3.63, 3.8) is 0 Å². The molecule has 0 aliphatic heterocycles. The summed E-state index contributed by atoms with van der Waals surface area (Å²) in [6.07, 6.45) is 6.19. The van der Waals surface area contributed by atoms with Crippen LogP contribution in [0.25, 0.3) is 11.1 Å². The van der Waals surface area contributed by atoms with E-state index in [9.17, 15) is 0 Å². The lowest BCUT2D eigenvalue weighted by molar-refractivity contribution is 1.04. The number of hydrogen-bond acceptors (Lipinski definition) is 2. The maximum Gasteiger partial charge on any atom is 0.0595 e. The van der Waals surface area contributed by atoms with E-state index in [1.807, 2.05) is 18.3 Å². The van der Waals surface area contributed by atoms with Crippen molar-refractivity contribution >= 4 is 11.6 Å². The highest BCUT2D eigenvalue weighted by molar-refractivity contribution is 6.30. The zero-order chi connectivity index (χ0) is 10.7. The minimum atomic E-state index is 0.655. The third-order valence-corrected chi connectivity index (χ3v) is 2.42. The summed E-state index contributed by atoms with van der Waals surface area (Å²) in [7, 11) is 0. The van der Waals surface area contributed by atoms with Crippen LogP contribution in [-0.4, -0.2) is 9.97 Å². The Bertz CT molecular complexity index is 469. The normalized spacial score (nSPS) is 10.3. The first kappa shape index (κ1) is 10.1. The van der Waals surface area contributed by atoms with Crippen molar-refractivity contribution < 1.29 is 0 Å². The maximum atomic E-state index is 5.89. The zero-order valence-corrected chi connectivity index (χ0v) is 9.20. The number of aromatic nitrogens is 2. The standard InChI is InChI=1S/C12H11ClN2/c1-2-12-6-9(3-4-15-12)10-5-11(13)8-14-7-10/h3-8H,2H2,1H3. The average Bonchev–Trinajstić information content (AvgIpc) is 2.29. The van der Waals surface area contributed by atoms with Gasteiger partial charge in [0.1, 0.15) is 0 Å². The van der Waals surface area contributed by atoms with Crippen LogP contribution in [0.1, 0.15) is 12.6 Å². The van der Waals surface area contributed by atoms with Gasteiger partial charge in [-0.25, -0.2) is 0 Å². The molecule has 0 unspecified atom stereocenters. The molecule has 0 saturated heterocycles. The fourth-order valence-electron chi connectivity index (χ4n) is 1.42. The molecule has 0 aromatic carbocycles. The van der Waals surface area contributed by atoms with E-state index in [0.29, 0.717) is 5.02 Å². The molecule has 0 fully saturated rings. The van der Waals surface area contributed by atoms with Gasteiger partial charge in [0, 0.05) is 29.8 Å². The lowest BCUT2D eigenvalue weighted by Crippen LogP contribution is -1.87. The van der Waals surface area contributed by atoms with Crippen LogP contribution >= 0.6 is 11.6 Å². The molecule has 76 valence electrons. The van der Waals surface area contributed by atoms with E-state index in [2.05, 4.69) is 23.0 Å². The molecule has 15 heavy (non-hydrogen) atoms. The van der Waals surface area contributed by atoms with Gasteiger partial charge in [-0.15, -0.1) is 0 Å². The van der Waals surface area contributed by atoms with Crippen LogP contribution < -0.4 is 0 Å². The van der Waals surface area contributed by atoms with Gasteiger partial charge in [0.05, 0.1) is 5.02 Å². The predicted octanol–water partition coefficient (Wildman–Crippen LogP) is 3.36. The zero-order valence-electron chi connectivity index (χ0n) is 8.44. The fraction of sp³-hybridized carbons (Fsp3) is 0.167. The van der Waals surface area contributed by atoms with Crippen LogP contribution in [-0.2, 0) is 6.42 Å². The minimum Gasteiger partial charge on any atom is -0.263 e. The van der Waals surface area contributed by atoms with Gasteiger partial charge in [-0.2, -0.15) is 0 Å². The van der Waals surface area contributed by atoms with Crippen molar-refractivity contribution in [2.45, 2.75) is 13.3 Å². The molecule has 0 saturated carbocycles. The van der Waals surface area contributed by atoms with Crippen molar-refractivity contribution in [3.8, 4) is 11.1 Å². The van der Waals surface area contributed by atoms with Gasteiger partial charge < -0.3 is 0 Å². The van der Waals surface area contributed by atoms with E-state index in [4.69, 9.17) is 11.6 Å². The Balaban J connectivity index is 2.44. The topological polar surface area (TPSA) is 25.8 Å². The molecule has 0 bridgehead atoms. The first-order chi connectivity index (χ1) is 7.29. The van der Waals surface area contributed by atoms with Crippen molar-refractivity contribution in [2.75, 3.05) is 0 Å². The SMILES string of the molecule is CCc1cc(-c2cncc(Cl)c2)ccn1. The third-order valence-electron chi connectivity index (χ3n) is 2.22. The van der Waals surface area contributed by atoms with Crippen LogP contribution in [0, 0.1) is 0 Å². The molecule has 0 aliphatic carbocycles. The van der Waals surface area contributed by atoms with Gasteiger partial charge in [-0.3, -0.25) is 9.97 Å². The Hall–Kier alpha value is -1.41. The molecule has 0 amide bonds. The fourth-order valence-corrected chi connectivity index (χ4v) is 1.59. The summed E-state index contributed by atoms with van der Waals surface area (Å²) in [5, 5.41) is 0.655. The smallest absolute Gasteiger partial charge is 0.0595 e. The Kier molecular flexibility index (Phi) is 2.97. The highest BCUT2D eigenvalue weighted by Crippen LogP contribution is 2.21. The first-order valence-corrected chi connectivity index (χ1v) is 5.23.